The van der Waals surface area contributed by atoms with Crippen LogP contribution in [0.3, 0.4) is 0 Å². The van der Waals surface area contributed by atoms with Gasteiger partial charge in [0.2, 0.25) is 0 Å². The minimum atomic E-state index is -0.0936. The van der Waals surface area contributed by atoms with Crippen LogP contribution in [0.1, 0.15) is 64.2 Å². The number of ketones is 2. The second-order valence-electron chi connectivity index (χ2n) is 8.35. The number of carbonyl (C=O) groups excluding carboxylic acids is 2. The molecule has 0 aromatic heterocycles. The third-order valence-electron chi connectivity index (χ3n) is 5.84. The van der Waals surface area contributed by atoms with Gasteiger partial charge in [-0.25, -0.2) is 0 Å². The third kappa shape index (κ3) is 4.48. The summed E-state index contributed by atoms with van der Waals surface area (Å²) in [5.41, 5.74) is 0.749. The maximum absolute atomic E-state index is 13.1. The number of allylic oxidation sites excluding steroid dienone is 2. The Balaban J connectivity index is 2.11. The van der Waals surface area contributed by atoms with E-state index in [1.807, 2.05) is 37.3 Å². The molecule has 25 heavy (non-hydrogen) atoms. The van der Waals surface area contributed by atoms with Gasteiger partial charge in [-0.1, -0.05) is 77.1 Å². The van der Waals surface area contributed by atoms with Crippen molar-refractivity contribution in [1.82, 2.24) is 0 Å². The molecule has 0 spiro atoms. The summed E-state index contributed by atoms with van der Waals surface area (Å²) >= 11 is 0. The second kappa shape index (κ2) is 8.12. The van der Waals surface area contributed by atoms with Gasteiger partial charge in [-0.15, -0.1) is 0 Å². The van der Waals surface area contributed by atoms with Crippen LogP contribution >= 0.6 is 0 Å². The van der Waals surface area contributed by atoms with Crippen LogP contribution in [0, 0.1) is 29.1 Å². The van der Waals surface area contributed by atoms with E-state index in [0.29, 0.717) is 12.2 Å². The summed E-state index contributed by atoms with van der Waals surface area (Å²) in [7, 11) is 0. The van der Waals surface area contributed by atoms with Crippen molar-refractivity contribution in [3.63, 3.8) is 0 Å². The van der Waals surface area contributed by atoms with Gasteiger partial charge in [0.15, 0.2) is 5.78 Å². The molecule has 0 saturated carbocycles. The molecule has 0 radical (unpaired) electrons. The Morgan fingerprint density at radius 3 is 2.40 bits per heavy atom. The number of hydrogen-bond donors (Lipinski definition) is 0. The summed E-state index contributed by atoms with van der Waals surface area (Å²) in [6.45, 7) is 10.6. The maximum Gasteiger partial charge on any atom is 0.166 e. The number of hydrogen-bond acceptors (Lipinski definition) is 2. The van der Waals surface area contributed by atoms with E-state index < -0.39 is 0 Å². The fourth-order valence-corrected chi connectivity index (χ4v) is 4.51. The smallest absolute Gasteiger partial charge is 0.166 e. The first-order valence-corrected chi connectivity index (χ1v) is 9.56. The van der Waals surface area contributed by atoms with Crippen LogP contribution in [0.15, 0.2) is 42.5 Å². The molecule has 0 aliphatic heterocycles. The normalized spacial score (nSPS) is 24.5. The highest BCUT2D eigenvalue weighted by Gasteiger charge is 2.40. The summed E-state index contributed by atoms with van der Waals surface area (Å²) < 4.78 is 0. The molecule has 2 heteroatoms. The molecule has 1 aromatic carbocycles. The lowest BCUT2D eigenvalue weighted by atomic mass is 9.64. The third-order valence-corrected chi connectivity index (χ3v) is 5.84. The topological polar surface area (TPSA) is 34.1 Å². The van der Waals surface area contributed by atoms with Crippen molar-refractivity contribution in [2.24, 2.45) is 29.1 Å². The van der Waals surface area contributed by atoms with E-state index in [4.69, 9.17) is 0 Å². The van der Waals surface area contributed by atoms with Gasteiger partial charge >= 0.3 is 0 Å². The molecule has 0 N–H and O–H groups in total. The van der Waals surface area contributed by atoms with E-state index in [9.17, 15) is 9.59 Å². The fraction of sp³-hybridized carbons (Fsp3) is 0.565. The zero-order valence-electron chi connectivity index (χ0n) is 16.3. The van der Waals surface area contributed by atoms with Gasteiger partial charge < -0.3 is 0 Å². The number of carbonyl (C=O) groups is 2. The summed E-state index contributed by atoms with van der Waals surface area (Å²) in [5.74, 6) is 0.772. The van der Waals surface area contributed by atoms with Crippen LogP contribution in [0.4, 0.5) is 0 Å². The predicted molar refractivity (Wildman–Crippen MR) is 104 cm³/mol. The SMILES string of the molecule is CCC(C(=O)c1ccccc1)C(C)CC(=O)C1C(C)C=CCC1(C)C. The van der Waals surface area contributed by atoms with Crippen molar-refractivity contribution in [3.8, 4) is 0 Å². The Kier molecular flexibility index (Phi) is 6.37. The molecule has 1 aromatic rings. The molecule has 0 amide bonds. The molecule has 0 fully saturated rings. The van der Waals surface area contributed by atoms with Crippen molar-refractivity contribution in [2.75, 3.05) is 0 Å². The van der Waals surface area contributed by atoms with E-state index in [1.165, 1.54) is 0 Å². The number of Topliss-reactive ketones (excluding diaryl/α,β-unsaturated/α-hetero) is 2. The molecular weight excluding hydrogens is 308 g/mol. The van der Waals surface area contributed by atoms with E-state index in [1.54, 1.807) is 0 Å². The molecule has 2 nitrogen and oxygen atoms in total. The van der Waals surface area contributed by atoms with Crippen LogP contribution < -0.4 is 0 Å². The molecule has 0 heterocycles. The first-order valence-electron chi connectivity index (χ1n) is 9.56. The van der Waals surface area contributed by atoms with E-state index in [2.05, 4.69) is 39.8 Å². The lowest BCUT2D eigenvalue weighted by Gasteiger charge is -2.39. The molecule has 1 aliphatic rings. The second-order valence-corrected chi connectivity index (χ2v) is 8.35. The highest BCUT2D eigenvalue weighted by atomic mass is 16.1. The van der Waals surface area contributed by atoms with Crippen molar-refractivity contribution >= 4 is 11.6 Å². The van der Waals surface area contributed by atoms with Crippen LogP contribution in [-0.2, 0) is 4.79 Å². The highest BCUT2D eigenvalue weighted by molar-refractivity contribution is 5.98. The van der Waals surface area contributed by atoms with Crippen molar-refractivity contribution in [3.05, 3.63) is 48.0 Å². The summed E-state index contributed by atoms with van der Waals surface area (Å²) in [4.78, 5) is 25.9. The minimum absolute atomic E-state index is 0.00385. The molecule has 0 saturated heterocycles. The zero-order chi connectivity index (χ0) is 18.6. The predicted octanol–water partition coefficient (Wildman–Crippen LogP) is 5.73. The fourth-order valence-electron chi connectivity index (χ4n) is 4.51. The highest BCUT2D eigenvalue weighted by Crippen LogP contribution is 2.42. The van der Waals surface area contributed by atoms with Gasteiger partial charge in [0.25, 0.3) is 0 Å². The van der Waals surface area contributed by atoms with Gasteiger partial charge in [0.05, 0.1) is 0 Å². The Morgan fingerprint density at radius 2 is 1.84 bits per heavy atom. The standard InChI is InChI=1S/C23H32O2/c1-6-19(22(25)18-12-8-7-9-13-18)17(3)15-20(24)21-16(2)11-10-14-23(21,4)5/h7-13,16-17,19,21H,6,14-15H2,1-5H3. The molecule has 0 bridgehead atoms. The van der Waals surface area contributed by atoms with Gasteiger partial charge in [0.1, 0.15) is 5.78 Å². The van der Waals surface area contributed by atoms with Gasteiger partial charge in [-0.3, -0.25) is 9.59 Å². The molecule has 4 unspecified atom stereocenters. The summed E-state index contributed by atoms with van der Waals surface area (Å²) in [5, 5.41) is 0. The molecule has 136 valence electrons. The van der Waals surface area contributed by atoms with Crippen LogP contribution in [-0.4, -0.2) is 11.6 Å². The average Bonchev–Trinajstić information content (AvgIpc) is 2.55. The summed E-state index contributed by atoms with van der Waals surface area (Å²) in [6.07, 6.45) is 6.58. The molecular formula is C23H32O2. The minimum Gasteiger partial charge on any atom is -0.299 e. The van der Waals surface area contributed by atoms with Crippen LogP contribution in [0.2, 0.25) is 0 Å². The van der Waals surface area contributed by atoms with E-state index >= 15 is 0 Å². The largest absolute Gasteiger partial charge is 0.299 e. The maximum atomic E-state index is 13.1. The van der Waals surface area contributed by atoms with Crippen molar-refractivity contribution < 1.29 is 9.59 Å². The Hall–Kier alpha value is -1.70. The summed E-state index contributed by atoms with van der Waals surface area (Å²) in [6, 6.07) is 9.46. The van der Waals surface area contributed by atoms with Gasteiger partial charge in [-0.2, -0.15) is 0 Å². The van der Waals surface area contributed by atoms with Crippen molar-refractivity contribution in [1.29, 1.82) is 0 Å². The monoisotopic (exact) mass is 340 g/mol. The number of rotatable bonds is 7. The van der Waals surface area contributed by atoms with E-state index in [0.717, 1.165) is 18.4 Å². The zero-order valence-corrected chi connectivity index (χ0v) is 16.3. The Morgan fingerprint density at radius 1 is 1.20 bits per heavy atom. The van der Waals surface area contributed by atoms with Crippen LogP contribution in [0.5, 0.6) is 0 Å². The van der Waals surface area contributed by atoms with Gasteiger partial charge in [-0.05, 0) is 30.1 Å². The lowest BCUT2D eigenvalue weighted by Crippen LogP contribution is -2.38. The Bertz CT molecular complexity index is 627. The molecule has 4 atom stereocenters. The molecule has 2 rings (SSSR count). The quantitative estimate of drug-likeness (QED) is 0.469. The average molecular weight is 341 g/mol. The first-order chi connectivity index (χ1) is 11.8. The number of benzene rings is 1. The van der Waals surface area contributed by atoms with E-state index in [-0.39, 0.29) is 34.9 Å². The van der Waals surface area contributed by atoms with Gasteiger partial charge in [0, 0.05) is 23.8 Å². The van der Waals surface area contributed by atoms with Crippen LogP contribution in [0.25, 0.3) is 0 Å². The first kappa shape index (κ1) is 19.6. The molecule has 1 aliphatic carbocycles. The Labute approximate surface area is 152 Å². The lowest BCUT2D eigenvalue weighted by molar-refractivity contribution is -0.129. The van der Waals surface area contributed by atoms with Crippen molar-refractivity contribution in [2.45, 2.75) is 53.9 Å².